The lowest BCUT2D eigenvalue weighted by Gasteiger charge is -2.42. The number of rotatable bonds is 4. The van der Waals surface area contributed by atoms with Gasteiger partial charge < -0.3 is 10.1 Å². The highest BCUT2D eigenvalue weighted by molar-refractivity contribution is 6.04. The van der Waals surface area contributed by atoms with Gasteiger partial charge in [-0.1, -0.05) is 66.7 Å². The van der Waals surface area contributed by atoms with E-state index in [1.165, 1.54) is 5.56 Å². The number of carbonyl (C=O) groups is 1. The number of ether oxygens (including phenoxy) is 1. The topological polar surface area (TPSA) is 38.3 Å². The van der Waals surface area contributed by atoms with Crippen molar-refractivity contribution in [2.45, 2.75) is 31.3 Å². The molecule has 1 N–H and O–H groups in total. The Bertz CT molecular complexity index is 924. The Balaban J connectivity index is 1.65. The van der Waals surface area contributed by atoms with Gasteiger partial charge in [0.1, 0.15) is 6.10 Å². The Hall–Kier alpha value is -2.65. The number of fused-ring (bicyclic) bond motifs is 1. The summed E-state index contributed by atoms with van der Waals surface area (Å²) >= 11 is 0. The summed E-state index contributed by atoms with van der Waals surface area (Å²) in [5.41, 5.74) is 1.74. The molecule has 3 aromatic carbocycles. The van der Waals surface area contributed by atoms with Gasteiger partial charge in [0.25, 0.3) is 0 Å². The summed E-state index contributed by atoms with van der Waals surface area (Å²) < 4.78 is 6.08. The molecule has 1 heterocycles. The molecule has 27 heavy (non-hydrogen) atoms. The van der Waals surface area contributed by atoms with E-state index in [9.17, 15) is 4.79 Å². The minimum absolute atomic E-state index is 0.146. The van der Waals surface area contributed by atoms with E-state index in [2.05, 4.69) is 29.6 Å². The van der Waals surface area contributed by atoms with Crippen molar-refractivity contribution in [3.05, 3.63) is 83.9 Å². The van der Waals surface area contributed by atoms with Gasteiger partial charge in [-0.3, -0.25) is 0 Å². The van der Waals surface area contributed by atoms with Gasteiger partial charge in [-0.15, -0.1) is 0 Å². The molecular weight excluding hydrogens is 334 g/mol. The smallest absolute Gasteiger partial charge is 0.339 e. The fraction of sp³-hybridized carbons (Fsp3) is 0.292. The lowest BCUT2D eigenvalue weighted by atomic mass is 9.69. The minimum atomic E-state index is -0.242. The van der Waals surface area contributed by atoms with Crippen LogP contribution >= 0.6 is 0 Å². The lowest BCUT2D eigenvalue weighted by molar-refractivity contribution is 0.00473. The molecule has 0 aromatic heterocycles. The average molecular weight is 359 g/mol. The van der Waals surface area contributed by atoms with Crippen molar-refractivity contribution in [2.75, 3.05) is 13.1 Å². The van der Waals surface area contributed by atoms with E-state index in [1.54, 1.807) is 0 Å². The van der Waals surface area contributed by atoms with Crippen LogP contribution in [-0.4, -0.2) is 25.2 Å². The highest BCUT2D eigenvalue weighted by Crippen LogP contribution is 2.38. The monoisotopic (exact) mass is 359 g/mol. The summed E-state index contributed by atoms with van der Waals surface area (Å²) in [5, 5.41) is 5.43. The first-order valence-corrected chi connectivity index (χ1v) is 9.66. The standard InChI is InChI=1S/C24H25NO2/c1-18(24(14-16-25-17-15-24)20-10-3-2-4-11-20)27-23(26)22-13-7-9-19-8-5-6-12-21(19)22/h2-13,18,25H,14-17H2,1H3. The summed E-state index contributed by atoms with van der Waals surface area (Å²) in [7, 11) is 0. The van der Waals surface area contributed by atoms with Crippen LogP contribution in [0.1, 0.15) is 35.7 Å². The first-order chi connectivity index (χ1) is 13.2. The summed E-state index contributed by atoms with van der Waals surface area (Å²) in [4.78, 5) is 13.0. The second-order valence-electron chi connectivity index (χ2n) is 7.35. The third-order valence-corrected chi connectivity index (χ3v) is 5.92. The van der Waals surface area contributed by atoms with Crippen LogP contribution in [0.4, 0.5) is 0 Å². The summed E-state index contributed by atoms with van der Waals surface area (Å²) in [5.74, 6) is -0.242. The van der Waals surface area contributed by atoms with Crippen molar-refractivity contribution in [2.24, 2.45) is 0 Å². The normalized spacial score (nSPS) is 17.4. The third-order valence-electron chi connectivity index (χ3n) is 5.92. The SMILES string of the molecule is CC(OC(=O)c1cccc2ccccc12)C1(c2ccccc2)CCNCC1. The van der Waals surface area contributed by atoms with E-state index in [-0.39, 0.29) is 17.5 Å². The molecule has 1 saturated heterocycles. The van der Waals surface area contributed by atoms with Gasteiger partial charge in [-0.25, -0.2) is 4.79 Å². The highest BCUT2D eigenvalue weighted by Gasteiger charge is 2.41. The molecule has 1 aliphatic heterocycles. The van der Waals surface area contributed by atoms with Crippen LogP contribution in [0.3, 0.4) is 0 Å². The van der Waals surface area contributed by atoms with Crippen LogP contribution in [0.5, 0.6) is 0 Å². The Morgan fingerprint density at radius 2 is 1.59 bits per heavy atom. The number of benzene rings is 3. The zero-order chi connectivity index (χ0) is 18.7. The largest absolute Gasteiger partial charge is 0.458 e. The van der Waals surface area contributed by atoms with Crippen LogP contribution in [0, 0.1) is 0 Å². The first kappa shape index (κ1) is 17.7. The van der Waals surface area contributed by atoms with E-state index in [0.29, 0.717) is 5.56 Å². The van der Waals surface area contributed by atoms with Crippen LogP contribution in [0.15, 0.2) is 72.8 Å². The fourth-order valence-corrected chi connectivity index (χ4v) is 4.31. The van der Waals surface area contributed by atoms with Crippen molar-refractivity contribution in [1.29, 1.82) is 0 Å². The number of carbonyl (C=O) groups excluding carboxylic acids is 1. The van der Waals surface area contributed by atoms with Gasteiger partial charge in [0.2, 0.25) is 0 Å². The van der Waals surface area contributed by atoms with Gasteiger partial charge in [0.15, 0.2) is 0 Å². The Labute approximate surface area is 160 Å². The van der Waals surface area contributed by atoms with Crippen LogP contribution in [0.2, 0.25) is 0 Å². The van der Waals surface area contributed by atoms with Crippen LogP contribution in [0.25, 0.3) is 10.8 Å². The molecule has 0 spiro atoms. The molecule has 138 valence electrons. The predicted molar refractivity (Wildman–Crippen MR) is 109 cm³/mol. The van der Waals surface area contributed by atoms with Crippen LogP contribution in [-0.2, 0) is 10.2 Å². The molecule has 4 rings (SSSR count). The molecule has 0 bridgehead atoms. The fourth-order valence-electron chi connectivity index (χ4n) is 4.31. The van der Waals surface area contributed by atoms with Crippen molar-refractivity contribution in [3.8, 4) is 0 Å². The molecule has 0 aliphatic carbocycles. The number of esters is 1. The van der Waals surface area contributed by atoms with Gasteiger partial charge in [-0.05, 0) is 55.3 Å². The number of hydrogen-bond donors (Lipinski definition) is 1. The molecule has 0 saturated carbocycles. The second-order valence-corrected chi connectivity index (χ2v) is 7.35. The van der Waals surface area contributed by atoms with E-state index in [0.717, 1.165) is 36.7 Å². The van der Waals surface area contributed by atoms with Gasteiger partial charge >= 0.3 is 5.97 Å². The molecule has 3 heteroatoms. The highest BCUT2D eigenvalue weighted by atomic mass is 16.5. The Morgan fingerprint density at radius 3 is 2.37 bits per heavy atom. The summed E-state index contributed by atoms with van der Waals surface area (Å²) in [6, 6.07) is 24.2. The molecule has 0 radical (unpaired) electrons. The number of nitrogens with one attached hydrogen (secondary N) is 1. The van der Waals surface area contributed by atoms with E-state index < -0.39 is 0 Å². The van der Waals surface area contributed by atoms with E-state index in [4.69, 9.17) is 4.74 Å². The number of piperidine rings is 1. The average Bonchev–Trinajstić information content (AvgIpc) is 2.74. The summed E-state index contributed by atoms with van der Waals surface area (Å²) in [6.45, 7) is 3.91. The second kappa shape index (κ2) is 7.53. The van der Waals surface area contributed by atoms with Crippen molar-refractivity contribution < 1.29 is 9.53 Å². The lowest BCUT2D eigenvalue weighted by Crippen LogP contribution is -2.48. The van der Waals surface area contributed by atoms with Crippen LogP contribution < -0.4 is 5.32 Å². The minimum Gasteiger partial charge on any atom is -0.458 e. The van der Waals surface area contributed by atoms with Gasteiger partial charge in [-0.2, -0.15) is 0 Å². The molecule has 1 aliphatic rings. The molecule has 0 amide bonds. The van der Waals surface area contributed by atoms with Gasteiger partial charge in [0, 0.05) is 5.41 Å². The maximum atomic E-state index is 13.0. The summed E-state index contributed by atoms with van der Waals surface area (Å²) in [6.07, 6.45) is 1.72. The van der Waals surface area contributed by atoms with Gasteiger partial charge in [0.05, 0.1) is 5.56 Å². The zero-order valence-corrected chi connectivity index (χ0v) is 15.7. The zero-order valence-electron chi connectivity index (χ0n) is 15.7. The molecule has 1 atom stereocenters. The molecule has 3 aromatic rings. The number of hydrogen-bond acceptors (Lipinski definition) is 3. The molecule has 1 fully saturated rings. The molecular formula is C24H25NO2. The Morgan fingerprint density at radius 1 is 0.926 bits per heavy atom. The van der Waals surface area contributed by atoms with E-state index >= 15 is 0 Å². The first-order valence-electron chi connectivity index (χ1n) is 9.66. The maximum Gasteiger partial charge on any atom is 0.339 e. The van der Waals surface area contributed by atoms with E-state index in [1.807, 2.05) is 55.5 Å². The third kappa shape index (κ3) is 3.35. The molecule has 3 nitrogen and oxygen atoms in total. The van der Waals surface area contributed by atoms with Crippen molar-refractivity contribution in [3.63, 3.8) is 0 Å². The van der Waals surface area contributed by atoms with Crippen molar-refractivity contribution >= 4 is 16.7 Å². The maximum absolute atomic E-state index is 13.0. The quantitative estimate of drug-likeness (QED) is 0.686. The van der Waals surface area contributed by atoms with Crippen molar-refractivity contribution in [1.82, 2.24) is 5.32 Å². The predicted octanol–water partition coefficient (Wildman–Crippen LogP) is 4.71. The molecule has 1 unspecified atom stereocenters. The Kier molecular flexibility index (Phi) is 4.95.